The van der Waals surface area contributed by atoms with E-state index in [1.165, 1.54) is 0 Å². The number of carbonyl (C=O) groups excluding carboxylic acids is 1. The third kappa shape index (κ3) is 2.44. The number of benzene rings is 1. The minimum Gasteiger partial charge on any atom is -0.467 e. The molecule has 0 aromatic heterocycles. The van der Waals surface area contributed by atoms with Gasteiger partial charge in [-0.15, -0.1) is 0 Å². The number of fused-ring (bicyclic) bond motifs is 1. The smallest absolute Gasteiger partial charge is 0.223 e. The maximum atomic E-state index is 11.6. The molecule has 5 heteroatoms. The van der Waals surface area contributed by atoms with Crippen molar-refractivity contribution in [2.75, 3.05) is 6.79 Å². The molecule has 3 rings (SSSR count). The van der Waals surface area contributed by atoms with Crippen LogP contribution in [0.15, 0.2) is 12.1 Å². The third-order valence-corrected chi connectivity index (χ3v) is 3.37. The molecule has 1 aliphatic heterocycles. The molecule has 0 radical (unpaired) electrons. The predicted octanol–water partition coefficient (Wildman–Crippen LogP) is 2.23. The molecule has 0 unspecified atom stereocenters. The fourth-order valence-corrected chi connectivity index (χ4v) is 2.32. The minimum absolute atomic E-state index is 0.121. The SMILES string of the molecule is O=C(NCc1cc(Cl)cc2c1OCOC2)C1CC1. The van der Waals surface area contributed by atoms with Crippen LogP contribution in [-0.2, 0) is 22.7 Å². The Labute approximate surface area is 110 Å². The van der Waals surface area contributed by atoms with Crippen LogP contribution in [0.3, 0.4) is 0 Å². The summed E-state index contributed by atoms with van der Waals surface area (Å²) in [6, 6.07) is 3.67. The van der Waals surface area contributed by atoms with Gasteiger partial charge in [-0.05, 0) is 25.0 Å². The predicted molar refractivity (Wildman–Crippen MR) is 66.3 cm³/mol. The lowest BCUT2D eigenvalue weighted by molar-refractivity contribution is -0.122. The monoisotopic (exact) mass is 267 g/mol. The molecule has 1 aliphatic carbocycles. The normalized spacial score (nSPS) is 17.8. The fraction of sp³-hybridized carbons (Fsp3) is 0.462. The zero-order valence-electron chi connectivity index (χ0n) is 9.87. The summed E-state index contributed by atoms with van der Waals surface area (Å²) in [5, 5.41) is 3.56. The van der Waals surface area contributed by atoms with E-state index in [9.17, 15) is 4.79 Å². The average molecular weight is 268 g/mol. The molecule has 1 heterocycles. The van der Waals surface area contributed by atoms with E-state index in [0.717, 1.165) is 29.7 Å². The van der Waals surface area contributed by atoms with E-state index in [2.05, 4.69) is 5.32 Å². The number of amides is 1. The Kier molecular flexibility index (Phi) is 3.14. The second-order valence-corrected chi connectivity index (χ2v) is 5.09. The highest BCUT2D eigenvalue weighted by Crippen LogP contribution is 2.32. The molecule has 1 amide bonds. The van der Waals surface area contributed by atoms with Crippen molar-refractivity contribution in [3.05, 3.63) is 28.3 Å². The Bertz CT molecular complexity index is 485. The van der Waals surface area contributed by atoms with E-state index in [4.69, 9.17) is 21.1 Å². The van der Waals surface area contributed by atoms with Gasteiger partial charge in [-0.2, -0.15) is 0 Å². The molecular weight excluding hydrogens is 254 g/mol. The third-order valence-electron chi connectivity index (χ3n) is 3.15. The quantitative estimate of drug-likeness (QED) is 0.914. The van der Waals surface area contributed by atoms with Gasteiger partial charge in [0.2, 0.25) is 5.91 Å². The van der Waals surface area contributed by atoms with E-state index >= 15 is 0 Å². The Morgan fingerprint density at radius 1 is 1.44 bits per heavy atom. The Hall–Kier alpha value is -1.26. The van der Waals surface area contributed by atoms with Crippen LogP contribution in [0, 0.1) is 5.92 Å². The summed E-state index contributed by atoms with van der Waals surface area (Å²) in [7, 11) is 0. The van der Waals surface area contributed by atoms with Gasteiger partial charge in [-0.25, -0.2) is 0 Å². The molecule has 96 valence electrons. The summed E-state index contributed by atoms with van der Waals surface area (Å²) in [4.78, 5) is 11.6. The van der Waals surface area contributed by atoms with Crippen molar-refractivity contribution in [1.82, 2.24) is 5.32 Å². The van der Waals surface area contributed by atoms with Crippen molar-refractivity contribution in [1.29, 1.82) is 0 Å². The average Bonchev–Trinajstić information content (AvgIpc) is 3.19. The summed E-state index contributed by atoms with van der Waals surface area (Å²) < 4.78 is 10.7. The summed E-state index contributed by atoms with van der Waals surface area (Å²) in [5.41, 5.74) is 1.85. The van der Waals surface area contributed by atoms with E-state index in [0.29, 0.717) is 18.2 Å². The molecule has 1 saturated carbocycles. The number of nitrogens with one attached hydrogen (secondary N) is 1. The molecule has 0 bridgehead atoms. The number of halogens is 1. The van der Waals surface area contributed by atoms with Gasteiger partial charge in [0.1, 0.15) is 5.75 Å². The highest BCUT2D eigenvalue weighted by Gasteiger charge is 2.29. The van der Waals surface area contributed by atoms with Crippen LogP contribution >= 0.6 is 11.6 Å². The van der Waals surface area contributed by atoms with Crippen molar-refractivity contribution in [2.45, 2.75) is 26.0 Å². The lowest BCUT2D eigenvalue weighted by Gasteiger charge is -2.21. The number of ether oxygens (including phenoxy) is 2. The topological polar surface area (TPSA) is 47.6 Å². The van der Waals surface area contributed by atoms with Gasteiger partial charge in [-0.3, -0.25) is 4.79 Å². The number of rotatable bonds is 3. The van der Waals surface area contributed by atoms with Crippen LogP contribution < -0.4 is 10.1 Å². The summed E-state index contributed by atoms with van der Waals surface area (Å²) in [6.07, 6.45) is 2.01. The first-order valence-corrected chi connectivity index (χ1v) is 6.41. The van der Waals surface area contributed by atoms with E-state index in [1.807, 2.05) is 12.1 Å². The Morgan fingerprint density at radius 3 is 3.06 bits per heavy atom. The summed E-state index contributed by atoms with van der Waals surface area (Å²) in [6.45, 7) is 1.20. The molecule has 1 aromatic carbocycles. The molecular formula is C13H14ClNO3. The summed E-state index contributed by atoms with van der Waals surface area (Å²) in [5.74, 6) is 1.13. The molecule has 1 N–H and O–H groups in total. The van der Waals surface area contributed by atoms with Crippen molar-refractivity contribution in [2.24, 2.45) is 5.92 Å². The standard InChI is InChI=1S/C13H14ClNO3/c14-11-3-9(5-15-13(16)8-1-2-8)12-10(4-11)6-17-7-18-12/h3-4,8H,1-2,5-7H2,(H,15,16). The van der Waals surface area contributed by atoms with Crippen LogP contribution in [-0.4, -0.2) is 12.7 Å². The van der Waals surface area contributed by atoms with Crippen molar-refractivity contribution in [3.63, 3.8) is 0 Å². The fourth-order valence-electron chi connectivity index (χ4n) is 2.06. The molecule has 1 aromatic rings. The van der Waals surface area contributed by atoms with Gasteiger partial charge in [0.05, 0.1) is 6.61 Å². The van der Waals surface area contributed by atoms with Gasteiger partial charge < -0.3 is 14.8 Å². The van der Waals surface area contributed by atoms with Crippen LogP contribution in [0.2, 0.25) is 5.02 Å². The lowest BCUT2D eigenvalue weighted by atomic mass is 10.1. The van der Waals surface area contributed by atoms with Crippen LogP contribution in [0.4, 0.5) is 0 Å². The zero-order valence-corrected chi connectivity index (χ0v) is 10.6. The van der Waals surface area contributed by atoms with Crippen LogP contribution in [0.5, 0.6) is 5.75 Å². The first-order chi connectivity index (χ1) is 8.74. The van der Waals surface area contributed by atoms with Gasteiger partial charge >= 0.3 is 0 Å². The number of hydrogen-bond acceptors (Lipinski definition) is 3. The molecule has 4 nitrogen and oxygen atoms in total. The molecule has 2 aliphatic rings. The minimum atomic E-state index is 0.121. The van der Waals surface area contributed by atoms with Gasteiger partial charge in [-0.1, -0.05) is 11.6 Å². The van der Waals surface area contributed by atoms with Crippen LogP contribution in [0.25, 0.3) is 0 Å². The first kappa shape index (κ1) is 11.8. The molecule has 0 spiro atoms. The van der Waals surface area contributed by atoms with Crippen LogP contribution in [0.1, 0.15) is 24.0 Å². The first-order valence-electron chi connectivity index (χ1n) is 6.03. The Morgan fingerprint density at radius 2 is 2.28 bits per heavy atom. The second-order valence-electron chi connectivity index (χ2n) is 4.66. The maximum absolute atomic E-state index is 11.6. The molecule has 18 heavy (non-hydrogen) atoms. The van der Waals surface area contributed by atoms with Crippen molar-refractivity contribution in [3.8, 4) is 5.75 Å². The van der Waals surface area contributed by atoms with E-state index in [1.54, 1.807) is 0 Å². The number of hydrogen-bond donors (Lipinski definition) is 1. The maximum Gasteiger partial charge on any atom is 0.223 e. The summed E-state index contributed by atoms with van der Waals surface area (Å²) >= 11 is 6.05. The van der Waals surface area contributed by atoms with Crippen molar-refractivity contribution >= 4 is 17.5 Å². The number of carbonyl (C=O) groups is 1. The zero-order chi connectivity index (χ0) is 12.5. The lowest BCUT2D eigenvalue weighted by Crippen LogP contribution is -2.25. The van der Waals surface area contributed by atoms with E-state index in [-0.39, 0.29) is 18.6 Å². The highest BCUT2D eigenvalue weighted by molar-refractivity contribution is 6.30. The van der Waals surface area contributed by atoms with Gasteiger partial charge in [0, 0.05) is 28.6 Å². The second kappa shape index (κ2) is 4.78. The largest absolute Gasteiger partial charge is 0.467 e. The van der Waals surface area contributed by atoms with Gasteiger partial charge in [0.25, 0.3) is 0 Å². The molecule has 1 fully saturated rings. The van der Waals surface area contributed by atoms with E-state index < -0.39 is 0 Å². The van der Waals surface area contributed by atoms with Crippen molar-refractivity contribution < 1.29 is 14.3 Å². The molecule has 0 atom stereocenters. The van der Waals surface area contributed by atoms with Gasteiger partial charge in [0.15, 0.2) is 6.79 Å². The highest BCUT2D eigenvalue weighted by atomic mass is 35.5. The Balaban J connectivity index is 1.77. The molecule has 0 saturated heterocycles.